The predicted molar refractivity (Wildman–Crippen MR) is 185 cm³/mol. The Bertz CT molecular complexity index is 1700. The highest BCUT2D eigenvalue weighted by Crippen LogP contribution is 2.32. The number of hydrogen-bond donors (Lipinski definition) is 2. The van der Waals surface area contributed by atoms with Gasteiger partial charge in [0.2, 0.25) is 0 Å². The number of thiol groups is 2. The zero-order valence-corrected chi connectivity index (χ0v) is 26.6. The lowest BCUT2D eigenvalue weighted by Crippen LogP contribution is -2.10. The van der Waals surface area contributed by atoms with E-state index < -0.39 is 11.9 Å². The Kier molecular flexibility index (Phi) is 12.6. The molecule has 8 heteroatoms. The molecule has 0 heterocycles. The molecule has 4 aromatic rings. The van der Waals surface area contributed by atoms with Crippen LogP contribution in [0.5, 0.6) is 11.5 Å². The molecule has 0 saturated heterocycles. The molecule has 0 saturated carbocycles. The number of hydrogen-bond acceptors (Lipinski definition) is 8. The summed E-state index contributed by atoms with van der Waals surface area (Å²) in [4.78, 5) is 23.7. The van der Waals surface area contributed by atoms with Gasteiger partial charge in [0.25, 0.3) is 0 Å². The molecule has 0 radical (unpaired) electrons. The highest BCUT2D eigenvalue weighted by atomic mass is 32.1. The summed E-state index contributed by atoms with van der Waals surface area (Å²) in [5.41, 5.74) is 5.19. The summed E-state index contributed by atoms with van der Waals surface area (Å²) >= 11 is 9.45. The molecule has 0 N–H and O–H groups in total. The first kappa shape index (κ1) is 33.6. The second-order valence-electron chi connectivity index (χ2n) is 9.45. The van der Waals surface area contributed by atoms with Crippen molar-refractivity contribution in [3.8, 4) is 46.3 Å². The van der Waals surface area contributed by atoms with E-state index in [4.69, 9.17) is 44.2 Å². The molecule has 0 spiro atoms. The van der Waals surface area contributed by atoms with Crippen molar-refractivity contribution in [3.05, 3.63) is 132 Å². The molecule has 4 rings (SSSR count). The average Bonchev–Trinajstić information content (AvgIpc) is 3.08. The van der Waals surface area contributed by atoms with Crippen molar-refractivity contribution in [2.45, 2.75) is 9.79 Å². The number of ether oxygens (including phenoxy) is 4. The van der Waals surface area contributed by atoms with E-state index in [1.54, 1.807) is 0 Å². The Morgan fingerprint density at radius 3 is 1.24 bits per heavy atom. The third-order valence-electron chi connectivity index (χ3n) is 6.22. The summed E-state index contributed by atoms with van der Waals surface area (Å²) < 4.78 is 20.9. The summed E-state index contributed by atoms with van der Waals surface area (Å²) in [5.74, 6) is 13.0. The SMILES string of the molecule is C=CC(=O)OCCOc1ccc(C#Cc2ccc(-c3ccc(C#Cc4ccc(OCCOC(=O)C=C)cc4)cc3S)c(S)c2)cc1. The maximum Gasteiger partial charge on any atom is 0.330 e. The molecule has 0 fully saturated rings. The molecule has 0 bridgehead atoms. The zero-order chi connectivity index (χ0) is 32.7. The normalized spacial score (nSPS) is 9.87. The molecule has 0 atom stereocenters. The fourth-order valence-electron chi connectivity index (χ4n) is 3.95. The quantitative estimate of drug-likeness (QED) is 0.0605. The first-order valence-electron chi connectivity index (χ1n) is 14.1. The van der Waals surface area contributed by atoms with Crippen LogP contribution >= 0.6 is 25.3 Å². The van der Waals surface area contributed by atoms with Crippen molar-refractivity contribution in [2.75, 3.05) is 26.4 Å². The molecule has 0 aliphatic rings. The monoisotopic (exact) mass is 646 g/mol. The van der Waals surface area contributed by atoms with Gasteiger partial charge in [-0.05, 0) is 83.9 Å². The largest absolute Gasteiger partial charge is 0.490 e. The third kappa shape index (κ3) is 10.4. The summed E-state index contributed by atoms with van der Waals surface area (Å²) in [5, 5.41) is 0. The van der Waals surface area contributed by atoms with Crippen LogP contribution in [0.2, 0.25) is 0 Å². The molecule has 6 nitrogen and oxygen atoms in total. The van der Waals surface area contributed by atoms with Gasteiger partial charge < -0.3 is 18.9 Å². The fourth-order valence-corrected chi connectivity index (χ4v) is 4.62. The highest BCUT2D eigenvalue weighted by Gasteiger charge is 2.08. The second-order valence-corrected chi connectivity index (χ2v) is 10.4. The molecule has 0 aliphatic heterocycles. The standard InChI is InChI=1S/C38H30O6S2/c1-3-37(39)43-23-21-41-31-15-9-27(10-16-31)5-7-29-13-19-33(35(45)25-29)34-20-14-30(26-36(34)46)8-6-28-11-17-32(18-12-28)42-22-24-44-38(40)4-2/h3-4,9-20,25-26,45-46H,1-2,21-24H2. The highest BCUT2D eigenvalue weighted by molar-refractivity contribution is 7.80. The van der Waals surface area contributed by atoms with E-state index in [1.807, 2.05) is 84.9 Å². The van der Waals surface area contributed by atoms with Crippen LogP contribution in [0.1, 0.15) is 22.3 Å². The Morgan fingerprint density at radius 1 is 0.543 bits per heavy atom. The average molecular weight is 647 g/mol. The first-order valence-corrected chi connectivity index (χ1v) is 15.0. The van der Waals surface area contributed by atoms with Crippen molar-refractivity contribution in [1.29, 1.82) is 0 Å². The van der Waals surface area contributed by atoms with Gasteiger partial charge >= 0.3 is 11.9 Å². The van der Waals surface area contributed by atoms with Crippen LogP contribution in [-0.2, 0) is 19.1 Å². The van der Waals surface area contributed by atoms with E-state index in [0.717, 1.165) is 55.3 Å². The molecule has 0 amide bonds. The van der Waals surface area contributed by atoms with Gasteiger partial charge in [-0.1, -0.05) is 49.0 Å². The van der Waals surface area contributed by atoms with Crippen LogP contribution in [0.15, 0.2) is 120 Å². The number of esters is 2. The maximum absolute atomic E-state index is 11.1. The molecular formula is C38H30O6S2. The number of carbonyl (C=O) groups excluding carboxylic acids is 2. The lowest BCUT2D eigenvalue weighted by Gasteiger charge is -2.09. The summed E-state index contributed by atoms with van der Waals surface area (Å²) in [6.45, 7) is 7.49. The molecule has 230 valence electrons. The van der Waals surface area contributed by atoms with E-state index in [-0.39, 0.29) is 26.4 Å². The number of rotatable bonds is 11. The van der Waals surface area contributed by atoms with Crippen LogP contribution in [0.25, 0.3) is 11.1 Å². The summed E-state index contributed by atoms with van der Waals surface area (Å²) in [6, 6.07) is 26.4. The van der Waals surface area contributed by atoms with Crippen LogP contribution in [-0.4, -0.2) is 38.4 Å². The Labute approximate surface area is 279 Å². The van der Waals surface area contributed by atoms with Gasteiger partial charge in [-0.3, -0.25) is 0 Å². The number of carbonyl (C=O) groups is 2. The van der Waals surface area contributed by atoms with Crippen molar-refractivity contribution in [1.82, 2.24) is 0 Å². The molecule has 0 aliphatic carbocycles. The summed E-state index contributed by atoms with van der Waals surface area (Å²) in [7, 11) is 0. The Hall–Kier alpha value is -5.28. The number of benzene rings is 4. The smallest absolute Gasteiger partial charge is 0.330 e. The lowest BCUT2D eigenvalue weighted by atomic mass is 10.0. The molecule has 0 unspecified atom stereocenters. The third-order valence-corrected chi connectivity index (χ3v) is 6.96. The Morgan fingerprint density at radius 2 is 0.891 bits per heavy atom. The van der Waals surface area contributed by atoms with Gasteiger partial charge in [0.15, 0.2) is 0 Å². The van der Waals surface area contributed by atoms with E-state index in [9.17, 15) is 9.59 Å². The van der Waals surface area contributed by atoms with E-state index in [2.05, 4.69) is 36.8 Å². The summed E-state index contributed by atoms with van der Waals surface area (Å²) in [6.07, 6.45) is 2.23. The van der Waals surface area contributed by atoms with E-state index in [1.165, 1.54) is 0 Å². The molecule has 4 aromatic carbocycles. The van der Waals surface area contributed by atoms with Gasteiger partial charge in [-0.25, -0.2) is 9.59 Å². The molecular weight excluding hydrogens is 617 g/mol. The van der Waals surface area contributed by atoms with Gasteiger partial charge in [-0.2, -0.15) is 0 Å². The Balaban J connectivity index is 1.34. The minimum atomic E-state index is -0.479. The van der Waals surface area contributed by atoms with E-state index in [0.29, 0.717) is 11.5 Å². The minimum absolute atomic E-state index is 0.148. The molecule has 0 aromatic heterocycles. The molecule has 46 heavy (non-hydrogen) atoms. The zero-order valence-electron chi connectivity index (χ0n) is 24.8. The first-order chi connectivity index (χ1) is 22.3. The van der Waals surface area contributed by atoms with Crippen LogP contribution in [0.3, 0.4) is 0 Å². The second kappa shape index (κ2) is 17.3. The fraction of sp³-hybridized carbons (Fsp3) is 0.105. The van der Waals surface area contributed by atoms with E-state index >= 15 is 0 Å². The topological polar surface area (TPSA) is 71.1 Å². The minimum Gasteiger partial charge on any atom is -0.490 e. The maximum atomic E-state index is 11.1. The predicted octanol–water partition coefficient (Wildman–Crippen LogP) is 6.95. The van der Waals surface area contributed by atoms with Crippen LogP contribution in [0.4, 0.5) is 0 Å². The van der Waals surface area contributed by atoms with Crippen molar-refractivity contribution in [3.63, 3.8) is 0 Å². The van der Waals surface area contributed by atoms with Gasteiger partial charge in [-0.15, -0.1) is 25.3 Å². The van der Waals surface area contributed by atoms with Gasteiger partial charge in [0.1, 0.15) is 37.9 Å². The van der Waals surface area contributed by atoms with Gasteiger partial charge in [0, 0.05) is 44.2 Å². The van der Waals surface area contributed by atoms with Crippen LogP contribution < -0.4 is 9.47 Å². The van der Waals surface area contributed by atoms with Gasteiger partial charge in [0.05, 0.1) is 0 Å². The van der Waals surface area contributed by atoms with Crippen molar-refractivity contribution >= 4 is 37.2 Å². The van der Waals surface area contributed by atoms with Crippen molar-refractivity contribution in [2.24, 2.45) is 0 Å². The lowest BCUT2D eigenvalue weighted by molar-refractivity contribution is -0.139. The van der Waals surface area contributed by atoms with Crippen LogP contribution in [0, 0.1) is 23.7 Å². The van der Waals surface area contributed by atoms with Crippen molar-refractivity contribution < 1.29 is 28.5 Å².